The molecule has 0 radical (unpaired) electrons. The Balaban J connectivity index is 2.85. The van der Waals surface area contributed by atoms with Gasteiger partial charge in [0.15, 0.2) is 0 Å². The smallest absolute Gasteiger partial charge is 0.0915 e. The molecule has 68 valence electrons. The van der Waals surface area contributed by atoms with Crippen molar-refractivity contribution in [2.75, 3.05) is 0 Å². The zero-order chi connectivity index (χ0) is 9.24. The molecule has 0 aromatic heterocycles. The highest BCUT2D eigenvalue weighted by Gasteiger charge is 2.39. The van der Waals surface area contributed by atoms with Gasteiger partial charge < -0.3 is 5.11 Å². The maximum Gasteiger partial charge on any atom is 0.0915 e. The highest BCUT2D eigenvalue weighted by molar-refractivity contribution is 5.21. The topological polar surface area (TPSA) is 20.2 Å². The molecule has 0 aromatic carbocycles. The third-order valence-electron chi connectivity index (χ3n) is 3.10. The van der Waals surface area contributed by atoms with Crippen LogP contribution in [0.2, 0.25) is 0 Å². The van der Waals surface area contributed by atoms with Crippen LogP contribution in [-0.2, 0) is 0 Å². The summed E-state index contributed by atoms with van der Waals surface area (Å²) in [7, 11) is 0. The van der Waals surface area contributed by atoms with E-state index < -0.39 is 5.60 Å². The lowest BCUT2D eigenvalue weighted by atomic mass is 9.70. The predicted octanol–water partition coefficient (Wildman–Crippen LogP) is 2.67. The largest absolute Gasteiger partial charge is 0.385 e. The van der Waals surface area contributed by atoms with Gasteiger partial charge in [0.2, 0.25) is 0 Å². The molecular formula is C11H18O. The second kappa shape index (κ2) is 3.06. The van der Waals surface area contributed by atoms with Crippen molar-refractivity contribution in [2.24, 2.45) is 5.41 Å². The van der Waals surface area contributed by atoms with Gasteiger partial charge in [0.05, 0.1) is 5.60 Å². The van der Waals surface area contributed by atoms with Gasteiger partial charge in [-0.05, 0) is 18.3 Å². The van der Waals surface area contributed by atoms with E-state index in [0.717, 1.165) is 12.8 Å². The van der Waals surface area contributed by atoms with Crippen LogP contribution in [0.5, 0.6) is 0 Å². The molecule has 1 unspecified atom stereocenters. The summed E-state index contributed by atoms with van der Waals surface area (Å²) in [4.78, 5) is 0. The van der Waals surface area contributed by atoms with E-state index >= 15 is 0 Å². The summed E-state index contributed by atoms with van der Waals surface area (Å²) >= 11 is 0. The summed E-state index contributed by atoms with van der Waals surface area (Å²) < 4.78 is 0. The Labute approximate surface area is 74.8 Å². The second-order valence-electron chi connectivity index (χ2n) is 4.15. The molecule has 0 saturated heterocycles. The fourth-order valence-corrected chi connectivity index (χ4v) is 1.42. The molecule has 1 atom stereocenters. The van der Waals surface area contributed by atoms with Crippen molar-refractivity contribution in [2.45, 2.75) is 39.2 Å². The molecule has 1 aliphatic rings. The SMILES string of the molecule is CCC(C)(C)C1(O)C=CC=CC1. The zero-order valence-corrected chi connectivity index (χ0v) is 8.17. The van der Waals surface area contributed by atoms with Gasteiger partial charge >= 0.3 is 0 Å². The third-order valence-corrected chi connectivity index (χ3v) is 3.10. The Kier molecular flexibility index (Phi) is 2.43. The van der Waals surface area contributed by atoms with Crippen LogP contribution in [0, 0.1) is 5.41 Å². The van der Waals surface area contributed by atoms with Crippen LogP contribution >= 0.6 is 0 Å². The van der Waals surface area contributed by atoms with E-state index in [0.29, 0.717) is 0 Å². The number of hydrogen-bond acceptors (Lipinski definition) is 1. The molecule has 0 amide bonds. The minimum Gasteiger partial charge on any atom is -0.385 e. The minimum atomic E-state index is -0.642. The molecule has 1 nitrogen and oxygen atoms in total. The fourth-order valence-electron chi connectivity index (χ4n) is 1.42. The number of hydrogen-bond donors (Lipinski definition) is 1. The molecule has 0 aliphatic heterocycles. The standard InChI is InChI=1S/C11H18O/c1-4-10(2,3)11(12)8-6-5-7-9-11/h5-8,12H,4,9H2,1-3H3. The summed E-state index contributed by atoms with van der Waals surface area (Å²) in [6, 6.07) is 0. The third kappa shape index (κ3) is 1.46. The van der Waals surface area contributed by atoms with Crippen molar-refractivity contribution in [1.29, 1.82) is 0 Å². The van der Waals surface area contributed by atoms with Crippen LogP contribution in [0.1, 0.15) is 33.6 Å². The predicted molar refractivity (Wildman–Crippen MR) is 51.9 cm³/mol. The molecule has 0 fully saturated rings. The molecule has 0 aromatic rings. The molecule has 0 bridgehead atoms. The van der Waals surface area contributed by atoms with Crippen LogP contribution in [0.4, 0.5) is 0 Å². The van der Waals surface area contributed by atoms with E-state index in [-0.39, 0.29) is 5.41 Å². The fraction of sp³-hybridized carbons (Fsp3) is 0.636. The lowest BCUT2D eigenvalue weighted by molar-refractivity contribution is -0.0249. The van der Waals surface area contributed by atoms with Crippen LogP contribution in [-0.4, -0.2) is 10.7 Å². The van der Waals surface area contributed by atoms with E-state index in [1.165, 1.54) is 0 Å². The monoisotopic (exact) mass is 166 g/mol. The van der Waals surface area contributed by atoms with Crippen molar-refractivity contribution < 1.29 is 5.11 Å². The van der Waals surface area contributed by atoms with Gasteiger partial charge in [-0.25, -0.2) is 0 Å². The zero-order valence-electron chi connectivity index (χ0n) is 8.17. The van der Waals surface area contributed by atoms with Crippen molar-refractivity contribution in [3.63, 3.8) is 0 Å². The van der Waals surface area contributed by atoms with Crippen LogP contribution in [0.15, 0.2) is 24.3 Å². The average molecular weight is 166 g/mol. The lowest BCUT2D eigenvalue weighted by Crippen LogP contribution is -2.42. The quantitative estimate of drug-likeness (QED) is 0.668. The van der Waals surface area contributed by atoms with Gasteiger partial charge in [-0.3, -0.25) is 0 Å². The van der Waals surface area contributed by atoms with E-state index in [1.807, 2.05) is 24.3 Å². The molecule has 1 N–H and O–H groups in total. The maximum absolute atomic E-state index is 10.3. The van der Waals surface area contributed by atoms with Crippen LogP contribution in [0.25, 0.3) is 0 Å². The molecule has 0 heterocycles. The molecular weight excluding hydrogens is 148 g/mol. The number of rotatable bonds is 2. The normalized spacial score (nSPS) is 29.3. The molecule has 0 saturated carbocycles. The average Bonchev–Trinajstić information content (AvgIpc) is 2.06. The first-order valence-corrected chi connectivity index (χ1v) is 4.58. The van der Waals surface area contributed by atoms with Crippen molar-refractivity contribution in [1.82, 2.24) is 0 Å². The molecule has 12 heavy (non-hydrogen) atoms. The Bertz CT molecular complexity index is 213. The summed E-state index contributed by atoms with van der Waals surface area (Å²) in [5.74, 6) is 0. The number of aliphatic hydroxyl groups is 1. The van der Waals surface area contributed by atoms with Crippen molar-refractivity contribution in [3.8, 4) is 0 Å². The summed E-state index contributed by atoms with van der Waals surface area (Å²) in [6.07, 6.45) is 9.58. The minimum absolute atomic E-state index is 0.0335. The summed E-state index contributed by atoms with van der Waals surface area (Å²) in [5.41, 5.74) is -0.676. The van der Waals surface area contributed by atoms with Crippen LogP contribution in [0.3, 0.4) is 0 Å². The van der Waals surface area contributed by atoms with E-state index in [4.69, 9.17) is 0 Å². The van der Waals surface area contributed by atoms with Gasteiger partial charge in [-0.1, -0.05) is 45.1 Å². The molecule has 1 aliphatic carbocycles. The highest BCUT2D eigenvalue weighted by Crippen LogP contribution is 2.39. The number of allylic oxidation sites excluding steroid dienone is 2. The molecule has 1 rings (SSSR count). The molecule has 1 heteroatoms. The Hall–Kier alpha value is -0.560. The summed E-state index contributed by atoms with van der Waals surface area (Å²) in [5, 5.41) is 10.3. The maximum atomic E-state index is 10.3. The Morgan fingerprint density at radius 3 is 2.50 bits per heavy atom. The van der Waals surface area contributed by atoms with E-state index in [1.54, 1.807) is 0 Å². The van der Waals surface area contributed by atoms with Crippen molar-refractivity contribution in [3.05, 3.63) is 24.3 Å². The highest BCUT2D eigenvalue weighted by atomic mass is 16.3. The lowest BCUT2D eigenvalue weighted by Gasteiger charge is -2.40. The van der Waals surface area contributed by atoms with Gasteiger partial charge in [0.25, 0.3) is 0 Å². The van der Waals surface area contributed by atoms with Crippen molar-refractivity contribution >= 4 is 0 Å². The first-order chi connectivity index (χ1) is 5.52. The van der Waals surface area contributed by atoms with E-state index in [2.05, 4.69) is 20.8 Å². The van der Waals surface area contributed by atoms with Gasteiger partial charge in [-0.15, -0.1) is 0 Å². The first kappa shape index (κ1) is 9.53. The Morgan fingerprint density at radius 2 is 2.08 bits per heavy atom. The molecule has 0 spiro atoms. The summed E-state index contributed by atoms with van der Waals surface area (Å²) in [6.45, 7) is 6.33. The van der Waals surface area contributed by atoms with Gasteiger partial charge in [0.1, 0.15) is 0 Å². The van der Waals surface area contributed by atoms with Gasteiger partial charge in [0, 0.05) is 0 Å². The second-order valence-corrected chi connectivity index (χ2v) is 4.15. The van der Waals surface area contributed by atoms with Crippen LogP contribution < -0.4 is 0 Å². The van der Waals surface area contributed by atoms with E-state index in [9.17, 15) is 5.11 Å². The first-order valence-electron chi connectivity index (χ1n) is 4.58. The Morgan fingerprint density at radius 1 is 1.42 bits per heavy atom. The van der Waals surface area contributed by atoms with Gasteiger partial charge in [-0.2, -0.15) is 0 Å².